The van der Waals surface area contributed by atoms with Crippen molar-refractivity contribution in [2.45, 2.75) is 31.6 Å². The molecule has 1 aliphatic heterocycles. The highest BCUT2D eigenvalue weighted by molar-refractivity contribution is 6.06. The standard InChI is InChI=1S/C23H26N4O3/c28-13-1-2-16-3-5-17(6-4-16)18-8-11-27(12-9-18)22-14-19(23(29)26-30)20-15-24-10-7-21(20)25-22/h3-7,10,14-15,18,28,30H,1-2,8-9,11-13H2,(H,26,29). The minimum Gasteiger partial charge on any atom is -0.396 e. The third-order valence-electron chi connectivity index (χ3n) is 5.84. The number of amides is 1. The topological polar surface area (TPSA) is 98.6 Å². The Hall–Kier alpha value is -3.03. The zero-order valence-electron chi connectivity index (χ0n) is 16.8. The van der Waals surface area contributed by atoms with Crippen LogP contribution in [0.15, 0.2) is 48.8 Å². The number of aryl methyl sites for hydroxylation is 1. The van der Waals surface area contributed by atoms with E-state index in [0.29, 0.717) is 22.4 Å². The lowest BCUT2D eigenvalue weighted by atomic mass is 9.88. The summed E-state index contributed by atoms with van der Waals surface area (Å²) in [5.41, 5.74) is 5.38. The summed E-state index contributed by atoms with van der Waals surface area (Å²) in [5.74, 6) is 0.677. The molecular formula is C23H26N4O3. The number of aliphatic hydroxyl groups excluding tert-OH is 1. The van der Waals surface area contributed by atoms with Crippen molar-refractivity contribution < 1.29 is 15.1 Å². The zero-order chi connectivity index (χ0) is 20.9. The van der Waals surface area contributed by atoms with Gasteiger partial charge in [-0.3, -0.25) is 15.0 Å². The fraction of sp³-hybridized carbons (Fsp3) is 0.348. The molecule has 0 spiro atoms. The average molecular weight is 406 g/mol. The van der Waals surface area contributed by atoms with Crippen molar-refractivity contribution in [2.75, 3.05) is 24.6 Å². The van der Waals surface area contributed by atoms with Crippen molar-refractivity contribution in [3.63, 3.8) is 0 Å². The molecule has 7 nitrogen and oxygen atoms in total. The van der Waals surface area contributed by atoms with Crippen LogP contribution in [0.4, 0.5) is 5.82 Å². The summed E-state index contributed by atoms with van der Waals surface area (Å²) in [5, 5.41) is 18.7. The Kier molecular flexibility index (Phi) is 6.21. The van der Waals surface area contributed by atoms with Gasteiger partial charge in [0.2, 0.25) is 0 Å². The Balaban J connectivity index is 1.49. The number of hydrogen-bond donors (Lipinski definition) is 3. The van der Waals surface area contributed by atoms with Crippen LogP contribution >= 0.6 is 0 Å². The van der Waals surface area contributed by atoms with E-state index in [-0.39, 0.29) is 6.61 Å². The molecule has 3 N–H and O–H groups in total. The quantitative estimate of drug-likeness (QED) is 0.430. The van der Waals surface area contributed by atoms with Gasteiger partial charge in [0.15, 0.2) is 0 Å². The van der Waals surface area contributed by atoms with Gasteiger partial charge in [-0.05, 0) is 54.9 Å². The van der Waals surface area contributed by atoms with E-state index in [1.54, 1.807) is 30.0 Å². The first kappa shape index (κ1) is 20.3. The first-order chi connectivity index (χ1) is 14.7. The van der Waals surface area contributed by atoms with Gasteiger partial charge in [0.1, 0.15) is 5.82 Å². The highest BCUT2D eigenvalue weighted by atomic mass is 16.5. The molecule has 30 heavy (non-hydrogen) atoms. The van der Waals surface area contributed by atoms with Crippen LogP contribution < -0.4 is 10.4 Å². The van der Waals surface area contributed by atoms with Crippen LogP contribution in [0.1, 0.15) is 46.7 Å². The van der Waals surface area contributed by atoms with Crippen LogP contribution in [0, 0.1) is 0 Å². The largest absolute Gasteiger partial charge is 0.396 e. The van der Waals surface area contributed by atoms with Gasteiger partial charge in [0, 0.05) is 37.5 Å². The Morgan fingerprint density at radius 2 is 1.93 bits per heavy atom. The van der Waals surface area contributed by atoms with Gasteiger partial charge in [-0.15, -0.1) is 0 Å². The van der Waals surface area contributed by atoms with E-state index in [2.05, 4.69) is 34.1 Å². The summed E-state index contributed by atoms with van der Waals surface area (Å²) < 4.78 is 0. The molecule has 0 unspecified atom stereocenters. The molecule has 1 aromatic carbocycles. The van der Waals surface area contributed by atoms with E-state index >= 15 is 0 Å². The van der Waals surface area contributed by atoms with Crippen molar-refractivity contribution in [3.8, 4) is 0 Å². The number of pyridine rings is 2. The number of piperidine rings is 1. The maximum atomic E-state index is 12.1. The van der Waals surface area contributed by atoms with Crippen molar-refractivity contribution >= 4 is 22.6 Å². The minimum atomic E-state index is -0.562. The summed E-state index contributed by atoms with van der Waals surface area (Å²) in [4.78, 5) is 23.1. The lowest BCUT2D eigenvalue weighted by Gasteiger charge is -2.33. The number of nitrogens with zero attached hydrogens (tertiary/aromatic N) is 3. The maximum Gasteiger partial charge on any atom is 0.275 e. The normalized spacial score (nSPS) is 14.8. The molecule has 1 aliphatic rings. The van der Waals surface area contributed by atoms with E-state index in [9.17, 15) is 4.79 Å². The number of fused-ring (bicyclic) bond motifs is 1. The fourth-order valence-corrected chi connectivity index (χ4v) is 4.15. The van der Waals surface area contributed by atoms with Crippen LogP contribution in [0.25, 0.3) is 10.9 Å². The number of anilines is 1. The molecule has 3 aromatic rings. The number of hydroxylamine groups is 1. The Morgan fingerprint density at radius 1 is 1.17 bits per heavy atom. The van der Waals surface area contributed by atoms with Gasteiger partial charge >= 0.3 is 0 Å². The predicted octanol–water partition coefficient (Wildman–Crippen LogP) is 3.06. The van der Waals surface area contributed by atoms with Gasteiger partial charge in [-0.25, -0.2) is 10.5 Å². The van der Waals surface area contributed by atoms with Crippen molar-refractivity contribution in [1.29, 1.82) is 0 Å². The molecule has 2 aromatic heterocycles. The lowest BCUT2D eigenvalue weighted by Crippen LogP contribution is -2.34. The van der Waals surface area contributed by atoms with Crippen LogP contribution in [-0.4, -0.2) is 45.9 Å². The zero-order valence-corrected chi connectivity index (χ0v) is 16.8. The Labute approximate surface area is 175 Å². The van der Waals surface area contributed by atoms with Crippen LogP contribution in [0.2, 0.25) is 0 Å². The molecule has 1 fully saturated rings. The molecule has 0 aliphatic carbocycles. The molecule has 0 atom stereocenters. The second-order valence-electron chi connectivity index (χ2n) is 7.69. The molecule has 0 bridgehead atoms. The minimum absolute atomic E-state index is 0.223. The number of hydrogen-bond acceptors (Lipinski definition) is 6. The Bertz CT molecular complexity index is 1010. The molecule has 0 radical (unpaired) electrons. The summed E-state index contributed by atoms with van der Waals surface area (Å²) in [6.07, 6.45) is 6.95. The van der Waals surface area contributed by atoms with Crippen molar-refractivity contribution in [2.24, 2.45) is 0 Å². The smallest absolute Gasteiger partial charge is 0.275 e. The highest BCUT2D eigenvalue weighted by Crippen LogP contribution is 2.31. The van der Waals surface area contributed by atoms with E-state index in [4.69, 9.17) is 15.3 Å². The van der Waals surface area contributed by atoms with Crippen LogP contribution in [-0.2, 0) is 6.42 Å². The fourth-order valence-electron chi connectivity index (χ4n) is 4.15. The number of aromatic nitrogens is 2. The highest BCUT2D eigenvalue weighted by Gasteiger charge is 2.23. The van der Waals surface area contributed by atoms with Crippen molar-refractivity contribution in [3.05, 3.63) is 65.5 Å². The Morgan fingerprint density at radius 3 is 2.63 bits per heavy atom. The lowest BCUT2D eigenvalue weighted by molar-refractivity contribution is 0.0708. The third-order valence-corrected chi connectivity index (χ3v) is 5.84. The molecular weight excluding hydrogens is 380 g/mol. The first-order valence-electron chi connectivity index (χ1n) is 10.3. The summed E-state index contributed by atoms with van der Waals surface area (Å²) in [7, 11) is 0. The third kappa shape index (κ3) is 4.27. The maximum absolute atomic E-state index is 12.1. The van der Waals surface area contributed by atoms with Gasteiger partial charge in [0.25, 0.3) is 5.91 Å². The summed E-state index contributed by atoms with van der Waals surface area (Å²) in [6.45, 7) is 1.92. The number of carbonyl (C=O) groups is 1. The summed E-state index contributed by atoms with van der Waals surface area (Å²) in [6, 6.07) is 12.2. The average Bonchev–Trinajstić information content (AvgIpc) is 2.82. The van der Waals surface area contributed by atoms with Crippen LogP contribution in [0.3, 0.4) is 0 Å². The van der Waals surface area contributed by atoms with E-state index in [0.717, 1.165) is 44.6 Å². The molecule has 3 heterocycles. The molecule has 1 saturated heterocycles. The van der Waals surface area contributed by atoms with Gasteiger partial charge < -0.3 is 10.0 Å². The molecule has 4 rings (SSSR count). The van der Waals surface area contributed by atoms with E-state index in [1.807, 2.05) is 0 Å². The summed E-state index contributed by atoms with van der Waals surface area (Å²) >= 11 is 0. The predicted molar refractivity (Wildman–Crippen MR) is 115 cm³/mol. The number of carbonyl (C=O) groups excluding carboxylic acids is 1. The van der Waals surface area contributed by atoms with Gasteiger partial charge in [-0.2, -0.15) is 0 Å². The van der Waals surface area contributed by atoms with Gasteiger partial charge in [-0.1, -0.05) is 24.3 Å². The van der Waals surface area contributed by atoms with E-state index < -0.39 is 5.91 Å². The first-order valence-corrected chi connectivity index (χ1v) is 10.3. The number of benzene rings is 1. The second kappa shape index (κ2) is 9.19. The molecule has 1 amide bonds. The molecule has 156 valence electrons. The van der Waals surface area contributed by atoms with Crippen molar-refractivity contribution in [1.82, 2.24) is 15.4 Å². The number of rotatable bonds is 6. The second-order valence-corrected chi connectivity index (χ2v) is 7.69. The SMILES string of the molecule is O=C(NO)c1cc(N2CCC(c3ccc(CCCO)cc3)CC2)nc2ccncc12. The van der Waals surface area contributed by atoms with Gasteiger partial charge in [0.05, 0.1) is 11.1 Å². The number of nitrogens with one attached hydrogen (secondary N) is 1. The van der Waals surface area contributed by atoms with E-state index in [1.165, 1.54) is 11.1 Å². The van der Waals surface area contributed by atoms with Crippen LogP contribution in [0.5, 0.6) is 0 Å². The molecule has 0 saturated carbocycles. The number of aliphatic hydroxyl groups is 1. The molecule has 7 heteroatoms. The monoisotopic (exact) mass is 406 g/mol.